The predicted octanol–water partition coefficient (Wildman–Crippen LogP) is 2.17. The Morgan fingerprint density at radius 2 is 2.22 bits per heavy atom. The van der Waals surface area contributed by atoms with Crippen molar-refractivity contribution < 1.29 is 9.26 Å². The van der Waals surface area contributed by atoms with Crippen LogP contribution in [0.25, 0.3) is 0 Å². The number of aryl methyl sites for hydroxylation is 1. The second-order valence-corrected chi connectivity index (χ2v) is 4.17. The molecule has 6 heteroatoms. The molecule has 0 aliphatic heterocycles. The molecule has 18 heavy (non-hydrogen) atoms. The fraction of sp³-hybridized carbons (Fsp3) is 0.417. The maximum absolute atomic E-state index is 5.55. The van der Waals surface area contributed by atoms with Gasteiger partial charge in [0.25, 0.3) is 0 Å². The zero-order chi connectivity index (χ0) is 13.0. The Labute approximate surface area is 105 Å². The van der Waals surface area contributed by atoms with Crippen LogP contribution in [0.4, 0.5) is 5.95 Å². The van der Waals surface area contributed by atoms with Gasteiger partial charge in [0, 0.05) is 17.8 Å². The molecule has 0 saturated heterocycles. The van der Waals surface area contributed by atoms with E-state index in [4.69, 9.17) is 9.26 Å². The van der Waals surface area contributed by atoms with Gasteiger partial charge in [0.15, 0.2) is 5.76 Å². The summed E-state index contributed by atoms with van der Waals surface area (Å²) in [5.74, 6) is 1.81. The normalized spacial score (nSPS) is 10.7. The first-order chi connectivity index (χ1) is 8.63. The van der Waals surface area contributed by atoms with Crippen LogP contribution in [-0.2, 0) is 6.54 Å². The molecule has 2 rings (SSSR count). The fourth-order valence-corrected chi connectivity index (χ4v) is 1.42. The van der Waals surface area contributed by atoms with Gasteiger partial charge in [-0.05, 0) is 20.8 Å². The van der Waals surface area contributed by atoms with Crippen molar-refractivity contribution in [2.45, 2.75) is 33.4 Å². The van der Waals surface area contributed by atoms with Crippen molar-refractivity contribution in [1.29, 1.82) is 0 Å². The summed E-state index contributed by atoms with van der Waals surface area (Å²) in [6.45, 7) is 6.30. The monoisotopic (exact) mass is 248 g/mol. The van der Waals surface area contributed by atoms with E-state index in [-0.39, 0.29) is 6.10 Å². The molecule has 2 aromatic heterocycles. The number of rotatable bonds is 5. The molecule has 96 valence electrons. The Hall–Kier alpha value is -2.11. The maximum Gasteiger partial charge on any atom is 0.226 e. The molecular weight excluding hydrogens is 232 g/mol. The van der Waals surface area contributed by atoms with E-state index in [1.807, 2.05) is 20.8 Å². The van der Waals surface area contributed by atoms with Crippen molar-refractivity contribution in [3.05, 3.63) is 29.8 Å². The molecule has 0 amide bonds. The molecule has 0 radical (unpaired) electrons. The lowest BCUT2D eigenvalue weighted by Gasteiger charge is -2.10. The van der Waals surface area contributed by atoms with Crippen molar-refractivity contribution in [1.82, 2.24) is 15.1 Å². The summed E-state index contributed by atoms with van der Waals surface area (Å²) in [7, 11) is 0. The molecule has 0 aromatic carbocycles. The second-order valence-electron chi connectivity index (χ2n) is 4.17. The summed E-state index contributed by atoms with van der Waals surface area (Å²) in [5.41, 5.74) is 0.848. The predicted molar refractivity (Wildman–Crippen MR) is 66.4 cm³/mol. The highest BCUT2D eigenvalue weighted by Crippen LogP contribution is 2.14. The second kappa shape index (κ2) is 5.48. The van der Waals surface area contributed by atoms with Crippen LogP contribution in [0.5, 0.6) is 5.88 Å². The summed E-state index contributed by atoms with van der Waals surface area (Å²) in [5, 5.41) is 6.69. The van der Waals surface area contributed by atoms with E-state index >= 15 is 0 Å². The molecule has 0 aliphatic carbocycles. The Balaban J connectivity index is 2.05. The SMILES string of the molecule is Cc1cc(OC(C)C)nc(NCc2ccno2)n1. The third-order valence-corrected chi connectivity index (χ3v) is 2.10. The Bertz CT molecular complexity index is 497. The average Bonchev–Trinajstić information content (AvgIpc) is 2.77. The van der Waals surface area contributed by atoms with Gasteiger partial charge >= 0.3 is 0 Å². The minimum atomic E-state index is 0.0847. The summed E-state index contributed by atoms with van der Waals surface area (Å²) in [6, 6.07) is 3.59. The summed E-state index contributed by atoms with van der Waals surface area (Å²) < 4.78 is 10.5. The Kier molecular flexibility index (Phi) is 3.76. The van der Waals surface area contributed by atoms with Crippen molar-refractivity contribution in [3.8, 4) is 5.88 Å². The van der Waals surface area contributed by atoms with Gasteiger partial charge in [-0.2, -0.15) is 4.98 Å². The summed E-state index contributed by atoms with van der Waals surface area (Å²) >= 11 is 0. The van der Waals surface area contributed by atoms with Crippen LogP contribution in [0.1, 0.15) is 25.3 Å². The number of aromatic nitrogens is 3. The van der Waals surface area contributed by atoms with Gasteiger partial charge in [0.2, 0.25) is 11.8 Å². The van der Waals surface area contributed by atoms with Crippen molar-refractivity contribution in [2.24, 2.45) is 0 Å². The van der Waals surface area contributed by atoms with Gasteiger partial charge in [-0.15, -0.1) is 0 Å². The minimum Gasteiger partial charge on any atom is -0.475 e. The van der Waals surface area contributed by atoms with Crippen LogP contribution in [0.3, 0.4) is 0 Å². The van der Waals surface area contributed by atoms with E-state index < -0.39 is 0 Å². The van der Waals surface area contributed by atoms with Crippen LogP contribution in [0, 0.1) is 6.92 Å². The molecule has 6 nitrogen and oxygen atoms in total. The zero-order valence-electron chi connectivity index (χ0n) is 10.7. The van der Waals surface area contributed by atoms with Crippen molar-refractivity contribution in [2.75, 3.05) is 5.32 Å². The van der Waals surface area contributed by atoms with Gasteiger partial charge in [-0.3, -0.25) is 0 Å². The number of hydrogen-bond acceptors (Lipinski definition) is 6. The summed E-state index contributed by atoms with van der Waals surface area (Å²) in [6.07, 6.45) is 1.68. The van der Waals surface area contributed by atoms with Crippen LogP contribution < -0.4 is 10.1 Å². The largest absolute Gasteiger partial charge is 0.475 e. The molecule has 2 heterocycles. The standard InChI is InChI=1S/C12H16N4O2/c1-8(2)17-11-6-9(3)15-12(16-11)13-7-10-4-5-14-18-10/h4-6,8H,7H2,1-3H3,(H,13,15,16). The van der Waals surface area contributed by atoms with Crippen LogP contribution in [-0.4, -0.2) is 21.2 Å². The smallest absolute Gasteiger partial charge is 0.226 e. The van der Waals surface area contributed by atoms with E-state index in [0.717, 1.165) is 11.5 Å². The topological polar surface area (TPSA) is 73.1 Å². The zero-order valence-corrected chi connectivity index (χ0v) is 10.7. The summed E-state index contributed by atoms with van der Waals surface area (Å²) in [4.78, 5) is 8.54. The first kappa shape index (κ1) is 12.3. The minimum absolute atomic E-state index is 0.0847. The number of ether oxygens (including phenoxy) is 1. The maximum atomic E-state index is 5.55. The molecule has 1 N–H and O–H groups in total. The first-order valence-electron chi connectivity index (χ1n) is 5.79. The Morgan fingerprint density at radius 1 is 1.39 bits per heavy atom. The van der Waals surface area contributed by atoms with Gasteiger partial charge in [0.05, 0.1) is 18.8 Å². The van der Waals surface area contributed by atoms with E-state index in [1.165, 1.54) is 0 Å². The molecule has 0 bridgehead atoms. The highest BCUT2D eigenvalue weighted by molar-refractivity contribution is 5.31. The molecule has 0 saturated carbocycles. The average molecular weight is 248 g/mol. The van der Waals surface area contributed by atoms with E-state index in [0.29, 0.717) is 18.4 Å². The molecule has 0 spiro atoms. The van der Waals surface area contributed by atoms with E-state index in [9.17, 15) is 0 Å². The third kappa shape index (κ3) is 3.44. The van der Waals surface area contributed by atoms with Crippen LogP contribution in [0.2, 0.25) is 0 Å². The van der Waals surface area contributed by atoms with Crippen molar-refractivity contribution >= 4 is 5.95 Å². The molecule has 0 fully saturated rings. The fourth-order valence-electron chi connectivity index (χ4n) is 1.42. The molecular formula is C12H16N4O2. The first-order valence-corrected chi connectivity index (χ1v) is 5.79. The van der Waals surface area contributed by atoms with Gasteiger partial charge in [-0.25, -0.2) is 4.98 Å². The number of hydrogen-bond donors (Lipinski definition) is 1. The molecule has 2 aromatic rings. The number of nitrogens with one attached hydrogen (secondary N) is 1. The number of anilines is 1. The highest BCUT2D eigenvalue weighted by Gasteiger charge is 2.05. The van der Waals surface area contributed by atoms with Gasteiger partial charge in [0.1, 0.15) is 0 Å². The van der Waals surface area contributed by atoms with Crippen LogP contribution in [0.15, 0.2) is 22.9 Å². The van der Waals surface area contributed by atoms with Crippen molar-refractivity contribution in [3.63, 3.8) is 0 Å². The van der Waals surface area contributed by atoms with Gasteiger partial charge < -0.3 is 14.6 Å². The molecule has 0 unspecified atom stereocenters. The van der Waals surface area contributed by atoms with Crippen LogP contribution >= 0.6 is 0 Å². The van der Waals surface area contributed by atoms with E-state index in [1.54, 1.807) is 18.3 Å². The third-order valence-electron chi connectivity index (χ3n) is 2.10. The van der Waals surface area contributed by atoms with Gasteiger partial charge in [-0.1, -0.05) is 5.16 Å². The lowest BCUT2D eigenvalue weighted by molar-refractivity contribution is 0.232. The molecule has 0 aliphatic rings. The number of nitrogens with zero attached hydrogens (tertiary/aromatic N) is 3. The quantitative estimate of drug-likeness (QED) is 0.874. The lowest BCUT2D eigenvalue weighted by Crippen LogP contribution is -2.10. The highest BCUT2D eigenvalue weighted by atomic mass is 16.5. The lowest BCUT2D eigenvalue weighted by atomic mass is 10.4. The van der Waals surface area contributed by atoms with E-state index in [2.05, 4.69) is 20.4 Å². The molecule has 0 atom stereocenters. The Morgan fingerprint density at radius 3 is 2.89 bits per heavy atom.